The number of anilines is 1. The molecule has 1 amide bonds. The van der Waals surface area contributed by atoms with E-state index in [0.717, 1.165) is 21.6 Å². The fourth-order valence-corrected chi connectivity index (χ4v) is 4.16. The number of carbonyl (C=O) groups excluding carboxylic acids is 2. The molecule has 0 saturated carbocycles. The summed E-state index contributed by atoms with van der Waals surface area (Å²) < 4.78 is 10.9. The molecule has 4 rings (SSSR count). The number of amides is 1. The van der Waals surface area contributed by atoms with Crippen LogP contribution in [0.5, 0.6) is 5.75 Å². The molecule has 0 aliphatic carbocycles. The number of carbonyl (C=O) groups is 2. The molecule has 2 heterocycles. The van der Waals surface area contributed by atoms with Crippen molar-refractivity contribution in [3.05, 3.63) is 69.9 Å². The van der Waals surface area contributed by atoms with Gasteiger partial charge in [0.25, 0.3) is 0 Å². The van der Waals surface area contributed by atoms with Crippen LogP contribution in [0.3, 0.4) is 0 Å². The highest BCUT2D eigenvalue weighted by Gasteiger charge is 2.26. The van der Waals surface area contributed by atoms with Crippen LogP contribution in [-0.2, 0) is 22.6 Å². The zero-order valence-corrected chi connectivity index (χ0v) is 15.5. The van der Waals surface area contributed by atoms with Crippen LogP contribution in [0.15, 0.2) is 54.6 Å². The van der Waals surface area contributed by atoms with E-state index in [1.54, 1.807) is 6.07 Å². The lowest BCUT2D eigenvalue weighted by Gasteiger charge is -2.14. The Morgan fingerprint density at radius 2 is 1.96 bits per heavy atom. The molecule has 0 atom stereocenters. The lowest BCUT2D eigenvalue weighted by molar-refractivity contribution is -0.115. The van der Waals surface area contributed by atoms with Gasteiger partial charge in [-0.3, -0.25) is 4.79 Å². The van der Waals surface area contributed by atoms with E-state index in [1.807, 2.05) is 48.5 Å². The van der Waals surface area contributed by atoms with E-state index in [9.17, 15) is 9.59 Å². The molecule has 1 aliphatic heterocycles. The van der Waals surface area contributed by atoms with Crippen molar-refractivity contribution in [2.75, 3.05) is 12.4 Å². The van der Waals surface area contributed by atoms with Crippen LogP contribution in [0.1, 0.15) is 20.1 Å². The van der Waals surface area contributed by atoms with Gasteiger partial charge in [0, 0.05) is 16.0 Å². The number of esters is 1. The van der Waals surface area contributed by atoms with Crippen LogP contribution in [0.25, 0.3) is 11.1 Å². The Balaban J connectivity index is 1.77. The van der Waals surface area contributed by atoms with E-state index < -0.39 is 5.97 Å². The molecule has 1 aromatic heterocycles. The fraction of sp³-hybridized carbons (Fsp3) is 0.143. The van der Waals surface area contributed by atoms with Crippen molar-refractivity contribution in [1.82, 2.24) is 0 Å². The van der Waals surface area contributed by atoms with Gasteiger partial charge in [0.1, 0.15) is 17.2 Å². The number of thiophene rings is 1. The van der Waals surface area contributed by atoms with Crippen molar-refractivity contribution in [3.63, 3.8) is 0 Å². The zero-order valence-electron chi connectivity index (χ0n) is 14.7. The molecular formula is C21H17NO4S. The third kappa shape index (κ3) is 3.44. The van der Waals surface area contributed by atoms with Crippen LogP contribution < -0.4 is 10.1 Å². The smallest absolute Gasteiger partial charge is 0.348 e. The molecule has 0 saturated heterocycles. The minimum absolute atomic E-state index is 0.117. The Bertz CT molecular complexity index is 1010. The lowest BCUT2D eigenvalue weighted by atomic mass is 10.0. The minimum Gasteiger partial charge on any atom is -0.488 e. The summed E-state index contributed by atoms with van der Waals surface area (Å²) >= 11 is 1.28. The largest absolute Gasteiger partial charge is 0.488 e. The first-order valence-electron chi connectivity index (χ1n) is 8.46. The van der Waals surface area contributed by atoms with Crippen LogP contribution in [-0.4, -0.2) is 19.0 Å². The summed E-state index contributed by atoms with van der Waals surface area (Å²) in [6.07, 6.45) is 0.212. The molecule has 0 fully saturated rings. The highest BCUT2D eigenvalue weighted by Crippen LogP contribution is 2.44. The molecule has 2 aromatic carbocycles. The molecule has 6 heteroatoms. The van der Waals surface area contributed by atoms with Crippen LogP contribution in [0.4, 0.5) is 5.69 Å². The predicted octanol–water partition coefficient (Wildman–Crippen LogP) is 4.28. The molecule has 5 nitrogen and oxygen atoms in total. The maximum Gasteiger partial charge on any atom is 0.348 e. The van der Waals surface area contributed by atoms with Gasteiger partial charge in [0.05, 0.1) is 19.2 Å². The van der Waals surface area contributed by atoms with E-state index in [2.05, 4.69) is 5.32 Å². The summed E-state index contributed by atoms with van der Waals surface area (Å²) in [4.78, 5) is 25.5. The third-order valence-corrected chi connectivity index (χ3v) is 5.44. The first-order valence-corrected chi connectivity index (χ1v) is 9.28. The van der Waals surface area contributed by atoms with Gasteiger partial charge in [-0.1, -0.05) is 36.4 Å². The second-order valence-corrected chi connectivity index (χ2v) is 7.25. The van der Waals surface area contributed by atoms with Gasteiger partial charge in [-0.05, 0) is 23.8 Å². The Morgan fingerprint density at radius 3 is 2.74 bits per heavy atom. The van der Waals surface area contributed by atoms with E-state index in [0.29, 0.717) is 22.9 Å². The van der Waals surface area contributed by atoms with Gasteiger partial charge in [0.15, 0.2) is 0 Å². The number of hydrogen-bond acceptors (Lipinski definition) is 5. The number of methoxy groups -OCH3 is 1. The van der Waals surface area contributed by atoms with E-state index in [4.69, 9.17) is 9.47 Å². The summed E-state index contributed by atoms with van der Waals surface area (Å²) in [5, 5.41) is 2.93. The number of nitrogens with one attached hydrogen (secondary N) is 1. The summed E-state index contributed by atoms with van der Waals surface area (Å²) in [5.41, 5.74) is 3.35. The Morgan fingerprint density at radius 1 is 1.15 bits per heavy atom. The summed E-state index contributed by atoms with van der Waals surface area (Å²) in [6, 6.07) is 17.2. The van der Waals surface area contributed by atoms with E-state index in [1.165, 1.54) is 18.4 Å². The van der Waals surface area contributed by atoms with Crippen LogP contribution in [0.2, 0.25) is 0 Å². The van der Waals surface area contributed by atoms with Crippen molar-refractivity contribution < 1.29 is 19.1 Å². The van der Waals surface area contributed by atoms with Gasteiger partial charge < -0.3 is 14.8 Å². The number of fused-ring (bicyclic) bond motifs is 3. The molecular weight excluding hydrogens is 362 g/mol. The molecule has 3 aromatic rings. The standard InChI is InChI=1S/C21H17NO4S/c1-25-21(24)18-10-14-17(27-18)11-19(23)22-15-8-5-9-16(20(14)15)26-12-13-6-3-2-4-7-13/h2-10H,11-12H2,1H3,(H,22,23). The fourth-order valence-electron chi connectivity index (χ4n) is 3.08. The second-order valence-electron chi connectivity index (χ2n) is 6.12. The average molecular weight is 379 g/mol. The average Bonchev–Trinajstić information content (AvgIpc) is 3.04. The quantitative estimate of drug-likeness (QED) is 0.688. The van der Waals surface area contributed by atoms with Gasteiger partial charge in [0.2, 0.25) is 5.91 Å². The van der Waals surface area contributed by atoms with Crippen LogP contribution in [0, 0.1) is 0 Å². The first kappa shape index (κ1) is 17.3. The molecule has 0 unspecified atom stereocenters. The van der Waals surface area contributed by atoms with Crippen molar-refractivity contribution in [2.45, 2.75) is 13.0 Å². The molecule has 0 spiro atoms. The normalized spacial score (nSPS) is 12.4. The second kappa shape index (κ2) is 7.25. The van der Waals surface area contributed by atoms with Gasteiger partial charge in [-0.2, -0.15) is 0 Å². The summed E-state index contributed by atoms with van der Waals surface area (Å²) in [6.45, 7) is 0.411. The maximum atomic E-state index is 12.3. The Hall–Kier alpha value is -3.12. The van der Waals surface area contributed by atoms with Crippen molar-refractivity contribution >= 4 is 28.9 Å². The summed E-state index contributed by atoms with van der Waals surface area (Å²) in [5.74, 6) is 0.139. The maximum absolute atomic E-state index is 12.3. The minimum atomic E-state index is -0.405. The first-order chi connectivity index (χ1) is 13.2. The lowest BCUT2D eigenvalue weighted by Crippen LogP contribution is -2.12. The molecule has 0 radical (unpaired) electrons. The Kier molecular flexibility index (Phi) is 4.64. The molecule has 1 N–H and O–H groups in total. The van der Waals surface area contributed by atoms with Gasteiger partial charge in [-0.15, -0.1) is 11.3 Å². The number of ether oxygens (including phenoxy) is 2. The van der Waals surface area contributed by atoms with Crippen molar-refractivity contribution in [3.8, 4) is 16.9 Å². The van der Waals surface area contributed by atoms with Crippen molar-refractivity contribution in [1.29, 1.82) is 0 Å². The Labute approximate surface area is 160 Å². The van der Waals surface area contributed by atoms with Crippen LogP contribution >= 0.6 is 11.3 Å². The molecule has 1 aliphatic rings. The molecule has 136 valence electrons. The number of benzene rings is 2. The highest BCUT2D eigenvalue weighted by molar-refractivity contribution is 7.14. The topological polar surface area (TPSA) is 64.6 Å². The van der Waals surface area contributed by atoms with Gasteiger partial charge in [-0.25, -0.2) is 4.79 Å². The highest BCUT2D eigenvalue weighted by atomic mass is 32.1. The number of hydrogen-bond donors (Lipinski definition) is 1. The molecule has 0 bridgehead atoms. The van der Waals surface area contributed by atoms with E-state index >= 15 is 0 Å². The summed E-state index contributed by atoms with van der Waals surface area (Å²) in [7, 11) is 1.35. The van der Waals surface area contributed by atoms with Crippen molar-refractivity contribution in [2.24, 2.45) is 0 Å². The van der Waals surface area contributed by atoms with Gasteiger partial charge >= 0.3 is 5.97 Å². The third-order valence-electron chi connectivity index (χ3n) is 4.32. The SMILES string of the molecule is COC(=O)c1cc2c(s1)CC(=O)Nc1cccc(OCc3ccccc3)c1-2. The monoisotopic (exact) mass is 379 g/mol. The zero-order chi connectivity index (χ0) is 18.8. The predicted molar refractivity (Wildman–Crippen MR) is 104 cm³/mol. The van der Waals surface area contributed by atoms with E-state index in [-0.39, 0.29) is 12.3 Å². The number of rotatable bonds is 4. The molecule has 27 heavy (non-hydrogen) atoms.